The zero-order chi connectivity index (χ0) is 23.0. The maximum Gasteiger partial charge on any atom is 0.356 e. The zero-order valence-corrected chi connectivity index (χ0v) is 18.2. The van der Waals surface area contributed by atoms with Crippen molar-refractivity contribution >= 4 is 34.3 Å². The van der Waals surface area contributed by atoms with Gasteiger partial charge in [-0.25, -0.2) is 24.7 Å². The van der Waals surface area contributed by atoms with Gasteiger partial charge < -0.3 is 15.0 Å². The Morgan fingerprint density at radius 2 is 2.06 bits per heavy atom. The van der Waals surface area contributed by atoms with Gasteiger partial charge in [-0.3, -0.25) is 0 Å². The SMILES string of the molecule is Cc1cc([C@@H](C)Nc2ccc(Cl)nc2C(=O)O)c2nc(-c3cn(C)cn3)c(C#N)nc2c1. The number of carboxylic acids is 1. The van der Waals surface area contributed by atoms with Gasteiger partial charge in [-0.15, -0.1) is 0 Å². The quantitative estimate of drug-likeness (QED) is 0.437. The summed E-state index contributed by atoms with van der Waals surface area (Å²) in [6, 6.07) is 8.66. The fraction of sp³-hybridized carbons (Fsp3) is 0.182. The molecule has 0 aliphatic carbocycles. The molecule has 160 valence electrons. The van der Waals surface area contributed by atoms with Crippen LogP contribution in [0.25, 0.3) is 22.4 Å². The molecule has 2 N–H and O–H groups in total. The lowest BCUT2D eigenvalue weighted by Gasteiger charge is -2.19. The molecule has 0 aliphatic rings. The van der Waals surface area contributed by atoms with Gasteiger partial charge >= 0.3 is 5.97 Å². The molecular formula is C22H18ClN7O2. The number of hydrogen-bond donors (Lipinski definition) is 2. The third-order valence-electron chi connectivity index (χ3n) is 4.90. The van der Waals surface area contributed by atoms with Crippen LogP contribution >= 0.6 is 11.6 Å². The fourth-order valence-corrected chi connectivity index (χ4v) is 3.63. The number of carbonyl (C=O) groups is 1. The van der Waals surface area contributed by atoms with Crippen LogP contribution in [-0.2, 0) is 7.05 Å². The maximum absolute atomic E-state index is 11.6. The highest BCUT2D eigenvalue weighted by Crippen LogP contribution is 2.30. The number of halogens is 1. The second-order valence-corrected chi connectivity index (χ2v) is 7.77. The van der Waals surface area contributed by atoms with E-state index in [1.54, 1.807) is 23.2 Å². The second kappa shape index (κ2) is 8.24. The molecule has 10 heteroatoms. The zero-order valence-electron chi connectivity index (χ0n) is 17.5. The number of aromatic carboxylic acids is 1. The number of anilines is 1. The number of benzene rings is 1. The summed E-state index contributed by atoms with van der Waals surface area (Å²) in [6.45, 7) is 3.80. The maximum atomic E-state index is 11.6. The number of nitriles is 1. The van der Waals surface area contributed by atoms with Crippen LogP contribution < -0.4 is 5.32 Å². The Labute approximate surface area is 188 Å². The topological polar surface area (TPSA) is 130 Å². The molecule has 9 nitrogen and oxygen atoms in total. The molecule has 0 saturated carbocycles. The van der Waals surface area contributed by atoms with Gasteiger partial charge in [-0.05, 0) is 37.6 Å². The third-order valence-corrected chi connectivity index (χ3v) is 5.11. The number of fused-ring (bicyclic) bond motifs is 1. The lowest BCUT2D eigenvalue weighted by Crippen LogP contribution is -2.13. The number of nitrogens with zero attached hydrogens (tertiary/aromatic N) is 6. The van der Waals surface area contributed by atoms with Crippen molar-refractivity contribution in [3.05, 3.63) is 64.5 Å². The van der Waals surface area contributed by atoms with Crippen molar-refractivity contribution in [3.8, 4) is 17.5 Å². The summed E-state index contributed by atoms with van der Waals surface area (Å²) in [6.07, 6.45) is 3.40. The van der Waals surface area contributed by atoms with Crippen molar-refractivity contribution in [2.45, 2.75) is 19.9 Å². The summed E-state index contributed by atoms with van der Waals surface area (Å²) >= 11 is 5.86. The Morgan fingerprint density at radius 1 is 1.28 bits per heavy atom. The summed E-state index contributed by atoms with van der Waals surface area (Å²) in [7, 11) is 1.83. The molecular weight excluding hydrogens is 430 g/mol. The molecule has 4 aromatic rings. The molecule has 32 heavy (non-hydrogen) atoms. The third kappa shape index (κ3) is 3.96. The van der Waals surface area contributed by atoms with Crippen molar-refractivity contribution in [1.29, 1.82) is 5.26 Å². The van der Waals surface area contributed by atoms with Gasteiger partial charge in [0.2, 0.25) is 0 Å². The van der Waals surface area contributed by atoms with Gasteiger partial charge in [0, 0.05) is 18.8 Å². The normalized spacial score (nSPS) is 11.8. The molecule has 1 atom stereocenters. The Bertz CT molecular complexity index is 1410. The van der Waals surface area contributed by atoms with Gasteiger partial charge in [0.05, 0.1) is 29.1 Å². The molecule has 3 heterocycles. The van der Waals surface area contributed by atoms with Crippen LogP contribution in [0.1, 0.15) is 40.3 Å². The van der Waals surface area contributed by atoms with Crippen molar-refractivity contribution in [2.75, 3.05) is 5.32 Å². The van der Waals surface area contributed by atoms with Gasteiger partial charge in [-0.1, -0.05) is 17.7 Å². The predicted octanol–water partition coefficient (Wildman–Crippen LogP) is 4.13. The van der Waals surface area contributed by atoms with Crippen LogP contribution in [0.5, 0.6) is 0 Å². The minimum absolute atomic E-state index is 0.0940. The van der Waals surface area contributed by atoms with E-state index in [2.05, 4.69) is 26.3 Å². The largest absolute Gasteiger partial charge is 0.476 e. The molecule has 0 aliphatic heterocycles. The van der Waals surface area contributed by atoms with E-state index in [0.29, 0.717) is 28.1 Å². The number of aryl methyl sites for hydroxylation is 2. The van der Waals surface area contributed by atoms with Crippen LogP contribution in [0.15, 0.2) is 36.8 Å². The summed E-state index contributed by atoms with van der Waals surface area (Å²) in [5, 5.41) is 22.4. The molecule has 3 aromatic heterocycles. The van der Waals surface area contributed by atoms with E-state index in [9.17, 15) is 15.2 Å². The van der Waals surface area contributed by atoms with E-state index in [4.69, 9.17) is 16.6 Å². The highest BCUT2D eigenvalue weighted by Gasteiger charge is 2.20. The first-order valence-corrected chi connectivity index (χ1v) is 10.0. The van der Waals surface area contributed by atoms with E-state index < -0.39 is 5.97 Å². The summed E-state index contributed by atoms with van der Waals surface area (Å²) in [5.41, 5.74) is 4.15. The first kappa shape index (κ1) is 21.2. The molecule has 0 radical (unpaired) electrons. The molecule has 1 aromatic carbocycles. The van der Waals surface area contributed by atoms with Crippen LogP contribution in [0, 0.1) is 18.3 Å². The number of carboxylic acid groups (broad SMARTS) is 1. The van der Waals surface area contributed by atoms with Crippen LogP contribution in [0.4, 0.5) is 5.69 Å². The highest BCUT2D eigenvalue weighted by atomic mass is 35.5. The van der Waals surface area contributed by atoms with Gasteiger partial charge in [0.15, 0.2) is 11.4 Å². The molecule has 0 saturated heterocycles. The number of aromatic nitrogens is 5. The minimum atomic E-state index is -1.19. The summed E-state index contributed by atoms with van der Waals surface area (Å²) in [4.78, 5) is 29.1. The fourth-order valence-electron chi connectivity index (χ4n) is 3.48. The van der Waals surface area contributed by atoms with Crippen LogP contribution in [0.3, 0.4) is 0 Å². The molecule has 0 fully saturated rings. The van der Waals surface area contributed by atoms with Crippen molar-refractivity contribution in [3.63, 3.8) is 0 Å². The smallest absolute Gasteiger partial charge is 0.356 e. The predicted molar refractivity (Wildman–Crippen MR) is 119 cm³/mol. The van der Waals surface area contributed by atoms with Gasteiger partial charge in [0.1, 0.15) is 22.6 Å². The second-order valence-electron chi connectivity index (χ2n) is 7.38. The molecule has 0 unspecified atom stereocenters. The number of rotatable bonds is 5. The van der Waals surface area contributed by atoms with E-state index in [1.165, 1.54) is 6.07 Å². The Balaban J connectivity index is 1.85. The minimum Gasteiger partial charge on any atom is -0.476 e. The standard InChI is InChI=1S/C22H18ClN7O2/c1-11-6-13(12(2)26-14-4-5-18(23)28-21(14)22(31)32)19-15(7-11)27-16(8-24)20(29-19)17-9-30(3)10-25-17/h4-7,9-10,12,26H,1-3H3,(H,31,32)/t12-/m1/s1. The van der Waals surface area contributed by atoms with Gasteiger partial charge in [0.25, 0.3) is 0 Å². The summed E-state index contributed by atoms with van der Waals surface area (Å²) < 4.78 is 1.77. The average Bonchev–Trinajstić information content (AvgIpc) is 3.19. The first-order valence-electron chi connectivity index (χ1n) is 9.64. The van der Waals surface area contributed by atoms with E-state index in [-0.39, 0.29) is 22.6 Å². The molecule has 0 spiro atoms. The van der Waals surface area contributed by atoms with Crippen molar-refractivity contribution < 1.29 is 9.90 Å². The molecule has 0 amide bonds. The van der Waals surface area contributed by atoms with E-state index in [0.717, 1.165) is 11.1 Å². The van der Waals surface area contributed by atoms with Crippen LogP contribution in [0.2, 0.25) is 5.15 Å². The molecule has 0 bridgehead atoms. The average molecular weight is 448 g/mol. The molecule has 4 rings (SSSR count). The first-order chi connectivity index (χ1) is 15.3. The Kier molecular flexibility index (Phi) is 5.47. The van der Waals surface area contributed by atoms with Crippen LogP contribution in [-0.4, -0.2) is 35.6 Å². The number of nitrogens with one attached hydrogen (secondary N) is 1. The van der Waals surface area contributed by atoms with Crippen molar-refractivity contribution in [1.82, 2.24) is 24.5 Å². The lowest BCUT2D eigenvalue weighted by molar-refractivity contribution is 0.0691. The van der Waals surface area contributed by atoms with E-state index in [1.807, 2.05) is 33.0 Å². The number of pyridine rings is 1. The number of hydrogen-bond acceptors (Lipinski definition) is 7. The Morgan fingerprint density at radius 3 is 2.72 bits per heavy atom. The van der Waals surface area contributed by atoms with E-state index >= 15 is 0 Å². The lowest BCUT2D eigenvalue weighted by atomic mass is 10.0. The van der Waals surface area contributed by atoms with Gasteiger partial charge in [-0.2, -0.15) is 5.26 Å². The van der Waals surface area contributed by atoms with Crippen molar-refractivity contribution in [2.24, 2.45) is 7.05 Å². The number of imidazole rings is 1. The summed E-state index contributed by atoms with van der Waals surface area (Å²) in [5.74, 6) is -1.19. The Hall–Kier alpha value is -4.03. The monoisotopic (exact) mass is 447 g/mol. The highest BCUT2D eigenvalue weighted by molar-refractivity contribution is 6.29.